The molecule has 1 atom stereocenters. The van der Waals surface area contributed by atoms with E-state index in [0.29, 0.717) is 0 Å². The summed E-state index contributed by atoms with van der Waals surface area (Å²) in [4.78, 5) is 10.9. The fourth-order valence-corrected chi connectivity index (χ4v) is 5.34. The minimum absolute atomic E-state index is 0.128. The van der Waals surface area contributed by atoms with E-state index >= 15 is 0 Å². The maximum Gasteiger partial charge on any atom is 0.306 e. The van der Waals surface area contributed by atoms with Gasteiger partial charge in [0.15, 0.2) is 0 Å². The van der Waals surface area contributed by atoms with Crippen molar-refractivity contribution in [3.8, 4) is 0 Å². The summed E-state index contributed by atoms with van der Waals surface area (Å²) < 4.78 is 0. The van der Waals surface area contributed by atoms with Crippen molar-refractivity contribution in [2.45, 2.75) is 201 Å². The monoisotopic (exact) mass is 592 g/mol. The quantitative estimate of drug-likeness (QED) is 0.0604. The van der Waals surface area contributed by atoms with Crippen LogP contribution >= 0.6 is 0 Å². The molecule has 2 N–H and O–H groups in total. The average molecular weight is 592 g/mol. The van der Waals surface area contributed by atoms with Gasteiger partial charge in [0.1, 0.15) is 0 Å². The Kier molecular flexibility index (Phi) is 40.9. The molecule has 0 rings (SSSR count). The highest BCUT2D eigenvalue weighted by Gasteiger charge is 2.13. The van der Waals surface area contributed by atoms with Crippen molar-refractivity contribution in [3.05, 3.63) is 24.3 Å². The molecule has 42 heavy (non-hydrogen) atoms. The molecule has 0 amide bonds. The number of carboxylic acid groups (broad SMARTS) is 1. The molecule has 0 aliphatic heterocycles. The third-order valence-corrected chi connectivity index (χ3v) is 8.35. The van der Waals surface area contributed by atoms with Gasteiger partial charge in [0, 0.05) is 0 Å². The lowest BCUT2D eigenvalue weighted by atomic mass is 9.98. The van der Waals surface area contributed by atoms with Crippen LogP contribution in [0.15, 0.2) is 24.3 Å². The summed E-state index contributed by atoms with van der Waals surface area (Å²) in [5, 5.41) is 12.2. The predicted octanol–water partition coefficient (Wildman–Crippen LogP) is 13.0. The third kappa shape index (κ3) is 38.9. The zero-order valence-corrected chi connectivity index (χ0v) is 29.2. The number of aliphatic carboxylic acids is 1. The summed E-state index contributed by atoms with van der Waals surface area (Å²) in [6.07, 6.45) is 46.0. The Labute approximate surface area is 265 Å². The standard InChI is InChI=1S/C20H38O2.C19H39N/c1-3-5-6-7-8-9-10-11-12-13-14-15-16-17-18-19(4-2)20(21)22;1-3-4-5-6-7-8-9-10-11-12-13-14-15-16-17-18-19-20-2/h11-12,19H,3-10,13-18H2,1-2H3,(H,21,22);10-11,20H,3-9,12-19H2,1-2H3/b12-11-;11-10-. The van der Waals surface area contributed by atoms with Crippen molar-refractivity contribution in [2.75, 3.05) is 13.6 Å². The molecule has 250 valence electrons. The SMILES string of the molecule is CCCCCCCC/C=C\CCCCCCC(CC)C(=O)O.CCCCCCCC/C=C\CCCCCCCCNC. The first-order valence-corrected chi connectivity index (χ1v) is 18.8. The number of hydrogen-bond acceptors (Lipinski definition) is 2. The third-order valence-electron chi connectivity index (χ3n) is 8.35. The Hall–Kier alpha value is -1.09. The van der Waals surface area contributed by atoms with Crippen LogP contribution in [0.4, 0.5) is 0 Å². The zero-order valence-electron chi connectivity index (χ0n) is 29.2. The van der Waals surface area contributed by atoms with Crippen LogP contribution in [-0.2, 0) is 4.79 Å². The second-order valence-electron chi connectivity index (χ2n) is 12.5. The highest BCUT2D eigenvalue weighted by Crippen LogP contribution is 2.15. The summed E-state index contributed by atoms with van der Waals surface area (Å²) in [7, 11) is 2.04. The molecule has 0 radical (unpaired) electrons. The fraction of sp³-hybridized carbons (Fsp3) is 0.872. The number of carboxylic acids is 1. The van der Waals surface area contributed by atoms with Crippen molar-refractivity contribution in [3.63, 3.8) is 0 Å². The van der Waals surface area contributed by atoms with Gasteiger partial charge in [-0.25, -0.2) is 0 Å². The molecule has 0 heterocycles. The molecule has 0 aromatic rings. The summed E-state index contributed by atoms with van der Waals surface area (Å²) >= 11 is 0. The average Bonchev–Trinajstić information content (AvgIpc) is 2.99. The molecule has 0 aromatic heterocycles. The lowest BCUT2D eigenvalue weighted by molar-refractivity contribution is -0.142. The van der Waals surface area contributed by atoms with Gasteiger partial charge in [0.25, 0.3) is 0 Å². The molecular formula is C39H77NO2. The number of carbonyl (C=O) groups is 1. The first-order valence-electron chi connectivity index (χ1n) is 18.8. The minimum Gasteiger partial charge on any atom is -0.481 e. The van der Waals surface area contributed by atoms with Gasteiger partial charge in [-0.3, -0.25) is 4.79 Å². The summed E-state index contributed by atoms with van der Waals surface area (Å²) in [5.74, 6) is -0.752. The van der Waals surface area contributed by atoms with Crippen LogP contribution in [0, 0.1) is 5.92 Å². The smallest absolute Gasteiger partial charge is 0.306 e. The fourth-order valence-electron chi connectivity index (χ4n) is 5.34. The van der Waals surface area contributed by atoms with Crippen molar-refractivity contribution in [1.29, 1.82) is 0 Å². The summed E-state index contributed by atoms with van der Waals surface area (Å²) in [6, 6.07) is 0. The Morgan fingerprint density at radius 2 is 0.857 bits per heavy atom. The number of unbranched alkanes of at least 4 members (excludes halogenated alkanes) is 22. The Bertz CT molecular complexity index is 557. The van der Waals surface area contributed by atoms with E-state index in [0.717, 1.165) is 19.3 Å². The molecule has 0 aromatic carbocycles. The van der Waals surface area contributed by atoms with Gasteiger partial charge in [-0.1, -0.05) is 154 Å². The molecule has 0 saturated heterocycles. The van der Waals surface area contributed by atoms with Crippen LogP contribution in [-0.4, -0.2) is 24.7 Å². The van der Waals surface area contributed by atoms with Crippen molar-refractivity contribution in [2.24, 2.45) is 5.92 Å². The molecule has 0 aliphatic rings. The van der Waals surface area contributed by atoms with Crippen LogP contribution in [0.5, 0.6) is 0 Å². The normalized spacial score (nSPS) is 12.2. The molecule has 3 heteroatoms. The Morgan fingerprint density at radius 3 is 1.19 bits per heavy atom. The maximum absolute atomic E-state index is 10.9. The summed E-state index contributed by atoms with van der Waals surface area (Å²) in [6.45, 7) is 7.69. The van der Waals surface area contributed by atoms with E-state index < -0.39 is 5.97 Å². The van der Waals surface area contributed by atoms with Crippen LogP contribution in [0.2, 0.25) is 0 Å². The van der Waals surface area contributed by atoms with Gasteiger partial charge >= 0.3 is 5.97 Å². The zero-order chi connectivity index (χ0) is 31.2. The molecule has 0 fully saturated rings. The predicted molar refractivity (Wildman–Crippen MR) is 190 cm³/mol. The first-order chi connectivity index (χ1) is 20.6. The Balaban J connectivity index is 0. The van der Waals surface area contributed by atoms with Gasteiger partial charge in [-0.2, -0.15) is 0 Å². The lowest BCUT2D eigenvalue weighted by Gasteiger charge is -2.08. The van der Waals surface area contributed by atoms with E-state index in [1.165, 1.54) is 167 Å². The van der Waals surface area contributed by atoms with E-state index in [9.17, 15) is 4.79 Å². The topological polar surface area (TPSA) is 49.3 Å². The van der Waals surface area contributed by atoms with E-state index in [2.05, 4.69) is 43.5 Å². The van der Waals surface area contributed by atoms with E-state index in [4.69, 9.17) is 5.11 Å². The van der Waals surface area contributed by atoms with E-state index in [1.54, 1.807) is 0 Å². The van der Waals surface area contributed by atoms with Crippen molar-refractivity contribution in [1.82, 2.24) is 5.32 Å². The van der Waals surface area contributed by atoms with Crippen molar-refractivity contribution < 1.29 is 9.90 Å². The molecule has 0 aliphatic carbocycles. The lowest BCUT2D eigenvalue weighted by Crippen LogP contribution is -2.12. The number of hydrogen-bond donors (Lipinski definition) is 2. The largest absolute Gasteiger partial charge is 0.481 e. The molecule has 0 saturated carbocycles. The van der Waals surface area contributed by atoms with Crippen molar-refractivity contribution >= 4 is 5.97 Å². The molecule has 3 nitrogen and oxygen atoms in total. The first kappa shape index (κ1) is 43.0. The Morgan fingerprint density at radius 1 is 0.524 bits per heavy atom. The van der Waals surface area contributed by atoms with Crippen LogP contribution in [0.25, 0.3) is 0 Å². The highest BCUT2D eigenvalue weighted by molar-refractivity contribution is 5.69. The molecular weight excluding hydrogens is 514 g/mol. The van der Waals surface area contributed by atoms with Crippen LogP contribution in [0.3, 0.4) is 0 Å². The van der Waals surface area contributed by atoms with E-state index in [-0.39, 0.29) is 5.92 Å². The number of rotatable bonds is 32. The molecule has 1 unspecified atom stereocenters. The molecule has 0 bridgehead atoms. The minimum atomic E-state index is -0.625. The van der Waals surface area contributed by atoms with Gasteiger partial charge < -0.3 is 10.4 Å². The number of nitrogens with one attached hydrogen (secondary N) is 1. The number of allylic oxidation sites excluding steroid dienone is 4. The van der Waals surface area contributed by atoms with Gasteiger partial charge in [-0.05, 0) is 84.2 Å². The second kappa shape index (κ2) is 39.9. The maximum atomic E-state index is 10.9. The van der Waals surface area contributed by atoms with Gasteiger partial charge in [0.05, 0.1) is 5.92 Å². The van der Waals surface area contributed by atoms with Crippen LogP contribution in [0.1, 0.15) is 201 Å². The van der Waals surface area contributed by atoms with Gasteiger partial charge in [0.2, 0.25) is 0 Å². The second-order valence-corrected chi connectivity index (χ2v) is 12.5. The molecule has 0 spiro atoms. The van der Waals surface area contributed by atoms with E-state index in [1.807, 2.05) is 14.0 Å². The highest BCUT2D eigenvalue weighted by atomic mass is 16.4. The van der Waals surface area contributed by atoms with Crippen LogP contribution < -0.4 is 5.32 Å². The summed E-state index contributed by atoms with van der Waals surface area (Å²) in [5.41, 5.74) is 0. The van der Waals surface area contributed by atoms with Gasteiger partial charge in [-0.15, -0.1) is 0 Å².